The van der Waals surface area contributed by atoms with Crippen LogP contribution in [0.2, 0.25) is 0 Å². The summed E-state index contributed by atoms with van der Waals surface area (Å²) in [6.45, 7) is 2.26. The minimum Gasteiger partial charge on any atom is -0.338 e. The van der Waals surface area contributed by atoms with Crippen LogP contribution in [0.25, 0.3) is 0 Å². The summed E-state index contributed by atoms with van der Waals surface area (Å²) in [5.41, 5.74) is 0. The van der Waals surface area contributed by atoms with Crippen LogP contribution < -0.4 is 10.6 Å². The van der Waals surface area contributed by atoms with Gasteiger partial charge < -0.3 is 15.1 Å². The highest BCUT2D eigenvalue weighted by Crippen LogP contribution is 1.94. The molecule has 17 heavy (non-hydrogen) atoms. The normalized spacial score (nSPS) is 20.2. The van der Waals surface area contributed by atoms with Crippen molar-refractivity contribution < 1.29 is 14.4 Å². The van der Waals surface area contributed by atoms with Gasteiger partial charge in [-0.1, -0.05) is 0 Å². The van der Waals surface area contributed by atoms with Crippen molar-refractivity contribution in [1.82, 2.24) is 20.4 Å². The topological polar surface area (TPSA) is 81.8 Å². The Bertz CT molecular complexity index is 319. The molecular weight excluding hydrogens is 224 g/mol. The van der Waals surface area contributed by atoms with Gasteiger partial charge in [-0.05, 0) is 6.42 Å². The van der Waals surface area contributed by atoms with Crippen LogP contribution in [-0.2, 0) is 4.79 Å². The zero-order valence-corrected chi connectivity index (χ0v) is 10.2. The van der Waals surface area contributed by atoms with E-state index < -0.39 is 0 Å². The summed E-state index contributed by atoms with van der Waals surface area (Å²) < 4.78 is 0. The fraction of sp³-hybridized carbons (Fsp3) is 0.700. The first-order valence-corrected chi connectivity index (χ1v) is 5.54. The Hall–Kier alpha value is -1.79. The summed E-state index contributed by atoms with van der Waals surface area (Å²) >= 11 is 0. The maximum Gasteiger partial charge on any atom is 0.323 e. The van der Waals surface area contributed by atoms with Crippen molar-refractivity contribution in [1.29, 1.82) is 0 Å². The lowest BCUT2D eigenvalue weighted by Crippen LogP contribution is -2.47. The summed E-state index contributed by atoms with van der Waals surface area (Å²) in [5, 5.41) is 4.90. The van der Waals surface area contributed by atoms with Crippen molar-refractivity contribution in [2.75, 3.05) is 33.7 Å². The monoisotopic (exact) mass is 242 g/mol. The van der Waals surface area contributed by atoms with Gasteiger partial charge >= 0.3 is 12.1 Å². The number of imide groups is 1. The highest BCUT2D eigenvalue weighted by molar-refractivity contribution is 5.96. The van der Waals surface area contributed by atoms with Gasteiger partial charge in [-0.2, -0.15) is 0 Å². The summed E-state index contributed by atoms with van der Waals surface area (Å²) in [5.74, 6) is -0.182. The molecule has 0 aromatic rings. The van der Waals surface area contributed by atoms with E-state index in [1.807, 2.05) is 0 Å². The molecule has 2 aliphatic rings. The molecule has 0 aromatic carbocycles. The average Bonchev–Trinajstić information content (AvgIpc) is 2.29. The highest BCUT2D eigenvalue weighted by Gasteiger charge is 2.18. The van der Waals surface area contributed by atoms with E-state index in [1.54, 1.807) is 19.0 Å². The Morgan fingerprint density at radius 2 is 1.65 bits per heavy atom. The first kappa shape index (κ1) is 13.3. The number of rotatable bonds is 0. The van der Waals surface area contributed by atoms with Crippen LogP contribution in [-0.4, -0.2) is 61.5 Å². The molecule has 0 saturated carbocycles. The van der Waals surface area contributed by atoms with Gasteiger partial charge in [0.05, 0.1) is 0 Å². The van der Waals surface area contributed by atoms with Gasteiger partial charge in [-0.25, -0.2) is 9.59 Å². The molecule has 0 atom stereocenters. The van der Waals surface area contributed by atoms with E-state index in [4.69, 9.17) is 0 Å². The molecule has 7 nitrogen and oxygen atoms in total. The molecule has 2 fully saturated rings. The van der Waals surface area contributed by atoms with Crippen molar-refractivity contribution in [3.8, 4) is 0 Å². The Morgan fingerprint density at radius 1 is 1.00 bits per heavy atom. The Balaban J connectivity index is 0.000000171. The number of nitrogens with zero attached hydrogens (tertiary/aromatic N) is 2. The van der Waals surface area contributed by atoms with Crippen LogP contribution >= 0.6 is 0 Å². The molecule has 0 aromatic heterocycles. The molecule has 5 amide bonds. The Morgan fingerprint density at radius 3 is 2.06 bits per heavy atom. The number of nitrogens with one attached hydrogen (secondary N) is 2. The van der Waals surface area contributed by atoms with Gasteiger partial charge in [0.15, 0.2) is 0 Å². The number of hydrogen-bond acceptors (Lipinski definition) is 3. The third kappa shape index (κ3) is 4.29. The van der Waals surface area contributed by atoms with Crippen LogP contribution in [0.15, 0.2) is 0 Å². The van der Waals surface area contributed by atoms with E-state index in [0.717, 1.165) is 19.5 Å². The highest BCUT2D eigenvalue weighted by atomic mass is 16.2. The fourth-order valence-corrected chi connectivity index (χ4v) is 1.40. The van der Waals surface area contributed by atoms with Crippen LogP contribution in [0.3, 0.4) is 0 Å². The third-order valence-electron chi connectivity index (χ3n) is 2.56. The lowest BCUT2D eigenvalue weighted by atomic mass is 10.3. The number of amides is 5. The van der Waals surface area contributed by atoms with Crippen molar-refractivity contribution in [3.63, 3.8) is 0 Å². The predicted molar refractivity (Wildman–Crippen MR) is 61.4 cm³/mol. The van der Waals surface area contributed by atoms with E-state index in [0.29, 0.717) is 13.0 Å². The zero-order chi connectivity index (χ0) is 12.8. The van der Waals surface area contributed by atoms with Gasteiger partial charge in [0, 0.05) is 40.2 Å². The minimum atomic E-state index is -0.300. The average molecular weight is 242 g/mol. The lowest BCUT2D eigenvalue weighted by Gasteiger charge is -2.22. The number of urea groups is 2. The molecule has 2 aliphatic heterocycles. The number of hydrogen-bond donors (Lipinski definition) is 2. The molecule has 0 aliphatic carbocycles. The maximum absolute atomic E-state index is 10.6. The standard InChI is InChI=1S/C5H8N2O2.C5H10N2O/c1-7-3-2-4(8)6-5(7)9;1-7-4-2-3-6-5(7)8/h2-3H2,1H3,(H,6,8,9);2-4H2,1H3,(H,6,8). The fourth-order valence-electron chi connectivity index (χ4n) is 1.40. The van der Waals surface area contributed by atoms with Crippen LogP contribution in [0.4, 0.5) is 9.59 Å². The first-order valence-electron chi connectivity index (χ1n) is 5.54. The van der Waals surface area contributed by atoms with Crippen LogP contribution in [0, 0.1) is 0 Å². The van der Waals surface area contributed by atoms with Crippen molar-refractivity contribution in [3.05, 3.63) is 0 Å². The molecule has 7 heteroatoms. The first-order chi connectivity index (χ1) is 8.00. The van der Waals surface area contributed by atoms with Crippen molar-refractivity contribution in [2.45, 2.75) is 12.8 Å². The predicted octanol–water partition coefficient (Wildman–Crippen LogP) is -0.410. The second-order valence-corrected chi connectivity index (χ2v) is 4.03. The molecule has 0 unspecified atom stereocenters. The van der Waals surface area contributed by atoms with Gasteiger partial charge in [0.1, 0.15) is 0 Å². The Kier molecular flexibility index (Phi) is 4.74. The number of carbonyl (C=O) groups excluding carboxylic acids is 3. The molecule has 0 spiro atoms. The summed E-state index contributed by atoms with van der Waals surface area (Å²) in [6.07, 6.45) is 1.49. The van der Waals surface area contributed by atoms with Gasteiger partial charge in [-0.3, -0.25) is 10.1 Å². The smallest absolute Gasteiger partial charge is 0.323 e. The quantitative estimate of drug-likeness (QED) is 0.606. The molecule has 2 heterocycles. The molecule has 96 valence electrons. The second kappa shape index (κ2) is 6.07. The molecule has 2 N–H and O–H groups in total. The van der Waals surface area contributed by atoms with Crippen molar-refractivity contribution >= 4 is 18.0 Å². The lowest BCUT2D eigenvalue weighted by molar-refractivity contribution is -0.121. The zero-order valence-electron chi connectivity index (χ0n) is 10.2. The van der Waals surface area contributed by atoms with Crippen LogP contribution in [0.1, 0.15) is 12.8 Å². The van der Waals surface area contributed by atoms with E-state index >= 15 is 0 Å². The second-order valence-electron chi connectivity index (χ2n) is 4.03. The molecule has 0 radical (unpaired) electrons. The maximum atomic E-state index is 10.6. The number of carbonyl (C=O) groups is 3. The largest absolute Gasteiger partial charge is 0.338 e. The summed E-state index contributed by atoms with van der Waals surface area (Å²) in [6, 6.07) is -0.248. The van der Waals surface area contributed by atoms with Crippen LogP contribution in [0.5, 0.6) is 0 Å². The summed E-state index contributed by atoms with van der Waals surface area (Å²) in [4.78, 5) is 34.8. The van der Waals surface area contributed by atoms with Gasteiger partial charge in [0.25, 0.3) is 0 Å². The molecular formula is C10H18N4O3. The molecule has 2 saturated heterocycles. The van der Waals surface area contributed by atoms with Crippen molar-refractivity contribution in [2.24, 2.45) is 0 Å². The van der Waals surface area contributed by atoms with E-state index in [9.17, 15) is 14.4 Å². The third-order valence-corrected chi connectivity index (χ3v) is 2.56. The van der Waals surface area contributed by atoms with Gasteiger partial charge in [0.2, 0.25) is 5.91 Å². The van der Waals surface area contributed by atoms with E-state index in [1.165, 1.54) is 4.90 Å². The minimum absolute atomic E-state index is 0.0521. The Labute approximate surface area is 100 Å². The van der Waals surface area contributed by atoms with E-state index in [2.05, 4.69) is 10.6 Å². The molecule has 2 rings (SSSR count). The van der Waals surface area contributed by atoms with Gasteiger partial charge in [-0.15, -0.1) is 0 Å². The SMILES string of the molecule is CN1CCC(=O)NC1=O.CN1CCCNC1=O. The summed E-state index contributed by atoms with van der Waals surface area (Å²) in [7, 11) is 3.45. The van der Waals surface area contributed by atoms with E-state index in [-0.39, 0.29) is 18.0 Å². The molecule has 0 bridgehead atoms.